The molecule has 1 fully saturated rings. The van der Waals surface area contributed by atoms with Crippen molar-refractivity contribution in [3.63, 3.8) is 0 Å². The summed E-state index contributed by atoms with van der Waals surface area (Å²) in [7, 11) is 0. The fraction of sp³-hybridized carbons (Fsp3) is 0.300. The van der Waals surface area contributed by atoms with Gasteiger partial charge < -0.3 is 5.32 Å². The molecule has 0 aliphatic carbocycles. The lowest BCUT2D eigenvalue weighted by Crippen LogP contribution is -2.13. The number of hydrogen-bond acceptors (Lipinski definition) is 2. The fourth-order valence-electron chi connectivity index (χ4n) is 1.59. The van der Waals surface area contributed by atoms with E-state index in [2.05, 4.69) is 5.32 Å². The monoisotopic (exact) mass is 195 g/mol. The van der Waals surface area contributed by atoms with E-state index in [4.69, 9.17) is 11.6 Å². The van der Waals surface area contributed by atoms with Crippen molar-refractivity contribution in [3.05, 3.63) is 34.9 Å². The van der Waals surface area contributed by atoms with Crippen LogP contribution >= 0.6 is 11.6 Å². The Morgan fingerprint density at radius 1 is 1.38 bits per heavy atom. The van der Waals surface area contributed by atoms with Crippen molar-refractivity contribution in [2.75, 3.05) is 6.54 Å². The highest BCUT2D eigenvalue weighted by atomic mass is 35.5. The molecule has 0 amide bonds. The average Bonchev–Trinajstić information content (AvgIpc) is 2.53. The molecule has 1 atom stereocenters. The van der Waals surface area contributed by atoms with Gasteiger partial charge in [0, 0.05) is 17.5 Å². The summed E-state index contributed by atoms with van der Waals surface area (Å²) in [5.74, 6) is 0.255. The number of rotatable bonds is 1. The van der Waals surface area contributed by atoms with Crippen LogP contribution in [0.4, 0.5) is 0 Å². The number of nitrogens with one attached hydrogen (secondary N) is 1. The minimum atomic E-state index is 0.112. The van der Waals surface area contributed by atoms with E-state index >= 15 is 0 Å². The van der Waals surface area contributed by atoms with Gasteiger partial charge in [-0.05, 0) is 11.6 Å². The highest BCUT2D eigenvalue weighted by Gasteiger charge is 2.23. The van der Waals surface area contributed by atoms with Gasteiger partial charge in [-0.15, -0.1) is 0 Å². The van der Waals surface area contributed by atoms with Gasteiger partial charge in [-0.2, -0.15) is 0 Å². The minimum absolute atomic E-state index is 0.112. The zero-order valence-corrected chi connectivity index (χ0v) is 7.84. The van der Waals surface area contributed by atoms with E-state index in [9.17, 15) is 4.79 Å². The van der Waals surface area contributed by atoms with E-state index in [1.165, 1.54) is 0 Å². The number of Topliss-reactive ketones (excluding diaryl/α,β-unsaturated/α-hetero) is 1. The first-order valence-electron chi connectivity index (χ1n) is 4.27. The summed E-state index contributed by atoms with van der Waals surface area (Å²) in [6.45, 7) is 0.468. The van der Waals surface area contributed by atoms with Crippen LogP contribution in [0.3, 0.4) is 0 Å². The highest BCUT2D eigenvalue weighted by Crippen LogP contribution is 2.27. The second-order valence-electron chi connectivity index (χ2n) is 3.20. The highest BCUT2D eigenvalue weighted by molar-refractivity contribution is 6.31. The van der Waals surface area contributed by atoms with Gasteiger partial charge in [0.05, 0.1) is 6.54 Å². The quantitative estimate of drug-likeness (QED) is 0.742. The third-order valence-electron chi connectivity index (χ3n) is 2.26. The molecular weight excluding hydrogens is 186 g/mol. The van der Waals surface area contributed by atoms with Crippen LogP contribution in [0.25, 0.3) is 0 Å². The minimum Gasteiger partial charge on any atom is -0.303 e. The molecule has 2 rings (SSSR count). The molecule has 1 heterocycles. The van der Waals surface area contributed by atoms with Crippen LogP contribution in [-0.2, 0) is 4.79 Å². The maximum Gasteiger partial charge on any atom is 0.148 e. The van der Waals surface area contributed by atoms with Crippen LogP contribution < -0.4 is 5.32 Å². The second kappa shape index (κ2) is 3.48. The van der Waals surface area contributed by atoms with Gasteiger partial charge in [-0.3, -0.25) is 4.79 Å². The van der Waals surface area contributed by atoms with Crippen LogP contribution in [0, 0.1) is 0 Å². The topological polar surface area (TPSA) is 29.1 Å². The Morgan fingerprint density at radius 2 is 2.15 bits per heavy atom. The van der Waals surface area contributed by atoms with Gasteiger partial charge in [-0.1, -0.05) is 29.8 Å². The molecule has 1 aliphatic heterocycles. The summed E-state index contributed by atoms with van der Waals surface area (Å²) >= 11 is 6.00. The number of carbonyl (C=O) groups excluding carboxylic acids is 1. The molecule has 0 bridgehead atoms. The Labute approximate surface area is 81.9 Å². The normalized spacial score (nSPS) is 22.2. The molecule has 0 aromatic heterocycles. The third kappa shape index (κ3) is 1.74. The van der Waals surface area contributed by atoms with Crippen LogP contribution in [0.5, 0.6) is 0 Å². The number of ketones is 1. The van der Waals surface area contributed by atoms with Crippen molar-refractivity contribution in [1.82, 2.24) is 5.32 Å². The molecule has 1 saturated heterocycles. The number of halogens is 1. The predicted octanol–water partition coefficient (Wildman–Crippen LogP) is 1.94. The smallest absolute Gasteiger partial charge is 0.148 e. The lowest BCUT2D eigenvalue weighted by Gasteiger charge is -2.10. The summed E-state index contributed by atoms with van der Waals surface area (Å²) in [5, 5.41) is 3.86. The number of hydrogen-bond donors (Lipinski definition) is 1. The van der Waals surface area contributed by atoms with Crippen molar-refractivity contribution >= 4 is 17.4 Å². The molecule has 68 valence electrons. The van der Waals surface area contributed by atoms with Crippen molar-refractivity contribution < 1.29 is 4.79 Å². The molecule has 1 aromatic rings. The molecule has 1 aliphatic rings. The molecule has 0 spiro atoms. The lowest BCUT2D eigenvalue weighted by molar-refractivity contribution is -0.116. The van der Waals surface area contributed by atoms with Crippen molar-refractivity contribution in [2.45, 2.75) is 12.5 Å². The number of benzene rings is 1. The summed E-state index contributed by atoms with van der Waals surface area (Å²) in [5.41, 5.74) is 1.02. The maximum absolute atomic E-state index is 11.0. The summed E-state index contributed by atoms with van der Waals surface area (Å²) < 4.78 is 0. The maximum atomic E-state index is 11.0. The number of carbonyl (C=O) groups is 1. The van der Waals surface area contributed by atoms with Gasteiger partial charge in [0.15, 0.2) is 0 Å². The third-order valence-corrected chi connectivity index (χ3v) is 2.60. The zero-order chi connectivity index (χ0) is 9.26. The molecule has 0 radical (unpaired) electrons. The standard InChI is InChI=1S/C10H10ClNO/c11-9-4-2-1-3-8(9)10-5-7(13)6-12-10/h1-4,10,12H,5-6H2. The summed E-state index contributed by atoms with van der Waals surface area (Å²) in [4.78, 5) is 11.0. The fourth-order valence-corrected chi connectivity index (χ4v) is 1.85. The molecular formula is C10H10ClNO. The van der Waals surface area contributed by atoms with E-state index in [-0.39, 0.29) is 11.8 Å². The van der Waals surface area contributed by atoms with E-state index < -0.39 is 0 Å². The van der Waals surface area contributed by atoms with Gasteiger partial charge >= 0.3 is 0 Å². The first kappa shape index (κ1) is 8.73. The summed E-state index contributed by atoms with van der Waals surface area (Å²) in [6, 6.07) is 7.75. The van der Waals surface area contributed by atoms with E-state index in [1.807, 2.05) is 24.3 Å². The van der Waals surface area contributed by atoms with Gasteiger partial charge in [-0.25, -0.2) is 0 Å². The molecule has 3 heteroatoms. The Morgan fingerprint density at radius 3 is 2.77 bits per heavy atom. The Hall–Kier alpha value is -0.860. The zero-order valence-electron chi connectivity index (χ0n) is 7.09. The lowest BCUT2D eigenvalue weighted by atomic mass is 10.1. The molecule has 1 unspecified atom stereocenters. The predicted molar refractivity (Wildman–Crippen MR) is 51.8 cm³/mol. The van der Waals surface area contributed by atoms with Crippen molar-refractivity contribution in [1.29, 1.82) is 0 Å². The van der Waals surface area contributed by atoms with Gasteiger partial charge in [0.1, 0.15) is 5.78 Å². The van der Waals surface area contributed by atoms with Crippen molar-refractivity contribution in [3.8, 4) is 0 Å². The van der Waals surface area contributed by atoms with Crippen molar-refractivity contribution in [2.24, 2.45) is 0 Å². The first-order valence-corrected chi connectivity index (χ1v) is 4.64. The Bertz CT molecular complexity index is 337. The van der Waals surface area contributed by atoms with Crippen LogP contribution in [-0.4, -0.2) is 12.3 Å². The summed E-state index contributed by atoms with van der Waals surface area (Å²) in [6.07, 6.45) is 0.559. The van der Waals surface area contributed by atoms with Crippen LogP contribution in [0.2, 0.25) is 5.02 Å². The van der Waals surface area contributed by atoms with Gasteiger partial charge in [0.25, 0.3) is 0 Å². The molecule has 1 aromatic carbocycles. The Balaban J connectivity index is 2.26. The molecule has 1 N–H and O–H groups in total. The van der Waals surface area contributed by atoms with Crippen LogP contribution in [0.1, 0.15) is 18.0 Å². The first-order chi connectivity index (χ1) is 6.27. The molecule has 2 nitrogen and oxygen atoms in total. The second-order valence-corrected chi connectivity index (χ2v) is 3.60. The molecule has 13 heavy (non-hydrogen) atoms. The van der Waals surface area contributed by atoms with E-state index in [0.717, 1.165) is 10.6 Å². The van der Waals surface area contributed by atoms with Gasteiger partial charge in [0.2, 0.25) is 0 Å². The van der Waals surface area contributed by atoms with E-state index in [0.29, 0.717) is 13.0 Å². The van der Waals surface area contributed by atoms with E-state index in [1.54, 1.807) is 0 Å². The Kier molecular flexibility index (Phi) is 2.34. The van der Waals surface area contributed by atoms with Crippen LogP contribution in [0.15, 0.2) is 24.3 Å². The molecule has 0 saturated carbocycles. The average molecular weight is 196 g/mol. The SMILES string of the molecule is O=C1CNC(c2ccccc2Cl)C1. The largest absolute Gasteiger partial charge is 0.303 e.